The summed E-state index contributed by atoms with van der Waals surface area (Å²) < 4.78 is 5.49. The minimum absolute atomic E-state index is 0.0657. The quantitative estimate of drug-likeness (QED) is 0.891. The van der Waals surface area contributed by atoms with Crippen LogP contribution in [0.2, 0.25) is 0 Å². The Morgan fingerprint density at radius 1 is 1.27 bits per heavy atom. The van der Waals surface area contributed by atoms with E-state index in [-0.39, 0.29) is 11.8 Å². The molecule has 1 saturated heterocycles. The minimum atomic E-state index is -0.459. The van der Waals surface area contributed by atoms with E-state index in [1.54, 1.807) is 0 Å². The standard InChI is InChI=1S/C20H26N4O2/c1-2-5-14-6-8-16(9-7-14)24-13-15(12-17(24)25)18-22-19(23-26-18)20(21)10-3-4-11-20/h6-9,15H,2-5,10-13,21H2,1H3. The van der Waals surface area contributed by atoms with E-state index >= 15 is 0 Å². The van der Waals surface area contributed by atoms with Gasteiger partial charge in [0.1, 0.15) is 0 Å². The van der Waals surface area contributed by atoms with Crippen LogP contribution < -0.4 is 10.6 Å². The van der Waals surface area contributed by atoms with Crippen LogP contribution in [-0.2, 0) is 16.8 Å². The van der Waals surface area contributed by atoms with Gasteiger partial charge in [-0.25, -0.2) is 0 Å². The summed E-state index contributed by atoms with van der Waals surface area (Å²) in [5.41, 5.74) is 8.19. The highest BCUT2D eigenvalue weighted by Gasteiger charge is 2.39. The lowest BCUT2D eigenvalue weighted by Crippen LogP contribution is -2.34. The number of nitrogens with two attached hydrogens (primary N) is 1. The van der Waals surface area contributed by atoms with Gasteiger partial charge in [0.2, 0.25) is 11.8 Å². The van der Waals surface area contributed by atoms with Gasteiger partial charge in [-0.3, -0.25) is 4.79 Å². The molecule has 6 nitrogen and oxygen atoms in total. The number of rotatable bonds is 5. The molecule has 2 heterocycles. The van der Waals surface area contributed by atoms with Gasteiger partial charge in [0.05, 0.1) is 11.5 Å². The van der Waals surface area contributed by atoms with Gasteiger partial charge < -0.3 is 15.2 Å². The molecule has 2 aromatic rings. The molecule has 6 heteroatoms. The Bertz CT molecular complexity index is 777. The third kappa shape index (κ3) is 3.14. The molecule has 0 spiro atoms. The monoisotopic (exact) mass is 354 g/mol. The van der Waals surface area contributed by atoms with Gasteiger partial charge in [-0.05, 0) is 37.0 Å². The van der Waals surface area contributed by atoms with Crippen LogP contribution in [0.4, 0.5) is 5.69 Å². The van der Waals surface area contributed by atoms with Crippen molar-refractivity contribution in [3.63, 3.8) is 0 Å². The summed E-state index contributed by atoms with van der Waals surface area (Å²) in [6, 6.07) is 8.25. The number of hydrogen-bond donors (Lipinski definition) is 1. The van der Waals surface area contributed by atoms with Gasteiger partial charge in [0.25, 0.3) is 0 Å². The molecular formula is C20H26N4O2. The lowest BCUT2D eigenvalue weighted by molar-refractivity contribution is -0.117. The maximum atomic E-state index is 12.5. The Kier molecular flexibility index (Phi) is 4.53. The third-order valence-electron chi connectivity index (χ3n) is 5.64. The molecule has 26 heavy (non-hydrogen) atoms. The average molecular weight is 354 g/mol. The zero-order chi connectivity index (χ0) is 18.1. The summed E-state index contributed by atoms with van der Waals surface area (Å²) in [5.74, 6) is 1.17. The fourth-order valence-corrected chi connectivity index (χ4v) is 4.09. The number of benzene rings is 1. The lowest BCUT2D eigenvalue weighted by Gasteiger charge is -2.18. The second kappa shape index (κ2) is 6.83. The van der Waals surface area contributed by atoms with E-state index < -0.39 is 5.54 Å². The Balaban J connectivity index is 1.48. The Labute approximate surface area is 153 Å². The summed E-state index contributed by atoms with van der Waals surface area (Å²) in [6.45, 7) is 2.74. The van der Waals surface area contributed by atoms with Crippen molar-refractivity contribution >= 4 is 11.6 Å². The number of carbonyl (C=O) groups is 1. The maximum Gasteiger partial charge on any atom is 0.232 e. The zero-order valence-electron chi connectivity index (χ0n) is 15.3. The SMILES string of the molecule is CCCc1ccc(N2CC(c3nc(C4(N)CCCC4)no3)CC2=O)cc1. The fraction of sp³-hybridized carbons (Fsp3) is 0.550. The van der Waals surface area contributed by atoms with Crippen molar-refractivity contribution in [2.75, 3.05) is 11.4 Å². The molecule has 2 fully saturated rings. The molecule has 1 aromatic heterocycles. The summed E-state index contributed by atoms with van der Waals surface area (Å²) in [5, 5.41) is 4.13. The van der Waals surface area contributed by atoms with Crippen LogP contribution in [-0.4, -0.2) is 22.6 Å². The van der Waals surface area contributed by atoms with Gasteiger partial charge >= 0.3 is 0 Å². The van der Waals surface area contributed by atoms with Crippen LogP contribution in [0.3, 0.4) is 0 Å². The second-order valence-corrected chi connectivity index (χ2v) is 7.64. The van der Waals surface area contributed by atoms with Crippen molar-refractivity contribution in [1.29, 1.82) is 0 Å². The highest BCUT2D eigenvalue weighted by atomic mass is 16.5. The molecule has 2 aliphatic rings. The first-order chi connectivity index (χ1) is 12.6. The van der Waals surface area contributed by atoms with Gasteiger partial charge in [0, 0.05) is 18.7 Å². The van der Waals surface area contributed by atoms with E-state index in [1.807, 2.05) is 17.0 Å². The van der Waals surface area contributed by atoms with Crippen LogP contribution >= 0.6 is 0 Å². The van der Waals surface area contributed by atoms with E-state index in [0.717, 1.165) is 44.2 Å². The van der Waals surface area contributed by atoms with Gasteiger partial charge in [0.15, 0.2) is 5.82 Å². The fourth-order valence-electron chi connectivity index (χ4n) is 4.09. The van der Waals surface area contributed by atoms with Crippen molar-refractivity contribution in [3.05, 3.63) is 41.5 Å². The highest BCUT2D eigenvalue weighted by Crippen LogP contribution is 2.36. The number of hydrogen-bond acceptors (Lipinski definition) is 5. The molecule has 1 atom stereocenters. The van der Waals surface area contributed by atoms with Crippen molar-refractivity contribution < 1.29 is 9.32 Å². The molecule has 0 radical (unpaired) electrons. The van der Waals surface area contributed by atoms with Gasteiger partial charge in [-0.2, -0.15) is 4.98 Å². The minimum Gasteiger partial charge on any atom is -0.339 e. The Morgan fingerprint density at radius 2 is 2.00 bits per heavy atom. The predicted octanol–water partition coefficient (Wildman–Crippen LogP) is 3.27. The first-order valence-corrected chi connectivity index (χ1v) is 9.61. The van der Waals surface area contributed by atoms with Crippen LogP contribution in [0, 0.1) is 0 Å². The van der Waals surface area contributed by atoms with E-state index in [2.05, 4.69) is 29.2 Å². The van der Waals surface area contributed by atoms with Crippen LogP contribution in [0.1, 0.15) is 68.6 Å². The number of aryl methyl sites for hydroxylation is 1. The summed E-state index contributed by atoms with van der Waals surface area (Å²) in [6.07, 6.45) is 6.57. The summed E-state index contributed by atoms with van der Waals surface area (Å²) >= 11 is 0. The number of anilines is 1. The third-order valence-corrected chi connectivity index (χ3v) is 5.64. The van der Waals surface area contributed by atoms with Crippen LogP contribution in [0.15, 0.2) is 28.8 Å². The van der Waals surface area contributed by atoms with Crippen molar-refractivity contribution in [1.82, 2.24) is 10.1 Å². The zero-order valence-corrected chi connectivity index (χ0v) is 15.3. The van der Waals surface area contributed by atoms with Gasteiger partial charge in [-0.15, -0.1) is 0 Å². The number of carbonyl (C=O) groups excluding carboxylic acids is 1. The van der Waals surface area contributed by atoms with Gasteiger partial charge in [-0.1, -0.05) is 43.5 Å². The topological polar surface area (TPSA) is 85.2 Å². The molecular weight excluding hydrogens is 328 g/mol. The van der Waals surface area contributed by atoms with Crippen molar-refractivity contribution in [2.24, 2.45) is 5.73 Å². The van der Waals surface area contributed by atoms with Crippen molar-refractivity contribution in [2.45, 2.75) is 63.3 Å². The van der Waals surface area contributed by atoms with E-state index in [1.165, 1.54) is 5.56 Å². The van der Waals surface area contributed by atoms with Crippen molar-refractivity contribution in [3.8, 4) is 0 Å². The Morgan fingerprint density at radius 3 is 2.69 bits per heavy atom. The van der Waals surface area contributed by atoms with E-state index in [4.69, 9.17) is 10.3 Å². The smallest absolute Gasteiger partial charge is 0.232 e. The molecule has 1 aliphatic carbocycles. The second-order valence-electron chi connectivity index (χ2n) is 7.64. The highest BCUT2D eigenvalue weighted by molar-refractivity contribution is 5.96. The van der Waals surface area contributed by atoms with Crippen LogP contribution in [0.25, 0.3) is 0 Å². The number of aromatic nitrogens is 2. The molecule has 1 aromatic carbocycles. The summed E-state index contributed by atoms with van der Waals surface area (Å²) in [4.78, 5) is 18.9. The molecule has 0 bridgehead atoms. The maximum absolute atomic E-state index is 12.5. The Hall–Kier alpha value is -2.21. The molecule has 1 amide bonds. The van der Waals surface area contributed by atoms with E-state index in [0.29, 0.717) is 24.7 Å². The first kappa shape index (κ1) is 17.2. The molecule has 1 aliphatic heterocycles. The average Bonchev–Trinajstić information content (AvgIpc) is 3.36. The number of amides is 1. The molecule has 1 unspecified atom stereocenters. The van der Waals surface area contributed by atoms with E-state index in [9.17, 15) is 4.79 Å². The first-order valence-electron chi connectivity index (χ1n) is 9.61. The molecule has 4 rings (SSSR count). The lowest BCUT2D eigenvalue weighted by atomic mass is 9.98. The molecule has 1 saturated carbocycles. The number of nitrogens with zero attached hydrogens (tertiary/aromatic N) is 3. The predicted molar refractivity (Wildman–Crippen MR) is 98.8 cm³/mol. The molecule has 2 N–H and O–H groups in total. The van der Waals surface area contributed by atoms with Crippen LogP contribution in [0.5, 0.6) is 0 Å². The normalized spacial score (nSPS) is 22.3. The summed E-state index contributed by atoms with van der Waals surface area (Å²) in [7, 11) is 0. The molecule has 138 valence electrons. The largest absolute Gasteiger partial charge is 0.339 e.